The molecule has 5 rings (SSSR count). The topological polar surface area (TPSA) is 89.5 Å². The molecule has 2 aliphatic heterocycles. The van der Waals surface area contributed by atoms with Gasteiger partial charge in [-0.15, -0.1) is 24.8 Å². The number of carbonyl (C=O) groups excluding carboxylic acids is 1. The van der Waals surface area contributed by atoms with Crippen molar-refractivity contribution in [1.82, 2.24) is 24.7 Å². The van der Waals surface area contributed by atoms with Crippen LogP contribution < -0.4 is 14.2 Å². The number of alkyl halides is 2. The minimum atomic E-state index is -2.67. The molecular formula is C34H45Cl2F2N5O5. The van der Waals surface area contributed by atoms with Crippen LogP contribution in [0, 0.1) is 0 Å². The molecule has 0 radical (unpaired) electrons. The van der Waals surface area contributed by atoms with Gasteiger partial charge in [0.2, 0.25) is 17.7 Å². The molecule has 2 atom stereocenters. The molecule has 2 aliphatic rings. The quantitative estimate of drug-likeness (QED) is 0.231. The second-order valence-corrected chi connectivity index (χ2v) is 11.5. The Bertz CT molecular complexity index is 1380. The SMILES string of the molecule is CCOc1nc(OCC(F)F)nc(OC)c1CN1CC2CN(C(=O)CCOC)CCN2C(C(c2ccccc2)c2ccccc2)C1.Cl.Cl. The van der Waals surface area contributed by atoms with E-state index in [4.69, 9.17) is 18.9 Å². The number of halogens is 4. The van der Waals surface area contributed by atoms with Gasteiger partial charge in [0.1, 0.15) is 0 Å². The Morgan fingerprint density at radius 3 is 2.12 bits per heavy atom. The molecule has 2 fully saturated rings. The minimum Gasteiger partial charge on any atom is -0.481 e. The Morgan fingerprint density at radius 2 is 1.54 bits per heavy atom. The fourth-order valence-electron chi connectivity index (χ4n) is 6.58. The molecule has 0 spiro atoms. The molecule has 2 saturated heterocycles. The highest BCUT2D eigenvalue weighted by atomic mass is 35.5. The predicted octanol–water partition coefficient (Wildman–Crippen LogP) is 4.94. The molecule has 2 aromatic carbocycles. The molecule has 3 aromatic rings. The van der Waals surface area contributed by atoms with Crippen LogP contribution in [-0.2, 0) is 16.1 Å². The van der Waals surface area contributed by atoms with Gasteiger partial charge in [-0.25, -0.2) is 8.78 Å². The van der Waals surface area contributed by atoms with Gasteiger partial charge in [0.25, 0.3) is 6.43 Å². The summed E-state index contributed by atoms with van der Waals surface area (Å²) in [6.45, 7) is 5.48. The van der Waals surface area contributed by atoms with E-state index in [-0.39, 0.29) is 66.5 Å². The van der Waals surface area contributed by atoms with E-state index >= 15 is 0 Å². The van der Waals surface area contributed by atoms with Crippen LogP contribution in [0.4, 0.5) is 8.78 Å². The molecule has 0 aliphatic carbocycles. The molecular weight excluding hydrogens is 667 g/mol. The van der Waals surface area contributed by atoms with Crippen molar-refractivity contribution in [2.75, 3.05) is 66.8 Å². The number of ether oxygens (including phenoxy) is 4. The van der Waals surface area contributed by atoms with E-state index in [1.54, 1.807) is 7.11 Å². The van der Waals surface area contributed by atoms with Gasteiger partial charge in [-0.3, -0.25) is 14.6 Å². The molecule has 1 amide bonds. The van der Waals surface area contributed by atoms with Crippen molar-refractivity contribution < 1.29 is 32.5 Å². The van der Waals surface area contributed by atoms with Gasteiger partial charge < -0.3 is 23.8 Å². The highest BCUT2D eigenvalue weighted by molar-refractivity contribution is 5.85. The van der Waals surface area contributed by atoms with Gasteiger partial charge in [0.15, 0.2) is 6.61 Å². The molecule has 48 heavy (non-hydrogen) atoms. The molecule has 14 heteroatoms. The number of rotatable bonds is 14. The third kappa shape index (κ3) is 9.66. The summed E-state index contributed by atoms with van der Waals surface area (Å²) >= 11 is 0. The summed E-state index contributed by atoms with van der Waals surface area (Å²) < 4.78 is 47.6. The maximum Gasteiger partial charge on any atom is 0.323 e. The number of hydrogen-bond donors (Lipinski definition) is 0. The van der Waals surface area contributed by atoms with Crippen LogP contribution in [0.25, 0.3) is 0 Å². The second-order valence-electron chi connectivity index (χ2n) is 11.5. The first-order chi connectivity index (χ1) is 22.4. The molecule has 10 nitrogen and oxygen atoms in total. The third-order valence-electron chi connectivity index (χ3n) is 8.55. The Balaban J connectivity index is 0.00000312. The summed E-state index contributed by atoms with van der Waals surface area (Å²) in [6, 6.07) is 21.0. The minimum absolute atomic E-state index is 0. The number of aromatic nitrogens is 2. The fourth-order valence-corrected chi connectivity index (χ4v) is 6.58. The van der Waals surface area contributed by atoms with E-state index in [1.165, 1.54) is 18.2 Å². The van der Waals surface area contributed by atoms with E-state index in [9.17, 15) is 13.6 Å². The van der Waals surface area contributed by atoms with Crippen molar-refractivity contribution in [1.29, 1.82) is 0 Å². The number of nitrogens with zero attached hydrogens (tertiary/aromatic N) is 5. The Hall–Kier alpha value is -3.29. The number of methoxy groups -OCH3 is 2. The number of carbonyl (C=O) groups is 1. The fraction of sp³-hybridized carbons (Fsp3) is 0.500. The summed E-state index contributed by atoms with van der Waals surface area (Å²) in [4.78, 5) is 28.6. The van der Waals surface area contributed by atoms with Crippen LogP contribution in [-0.4, -0.2) is 116 Å². The van der Waals surface area contributed by atoms with Crippen LogP contribution in [0.5, 0.6) is 17.8 Å². The average Bonchev–Trinajstić information content (AvgIpc) is 3.08. The lowest BCUT2D eigenvalue weighted by atomic mass is 9.81. The van der Waals surface area contributed by atoms with Crippen molar-refractivity contribution in [3.05, 3.63) is 77.4 Å². The van der Waals surface area contributed by atoms with E-state index in [1.807, 2.05) is 24.0 Å². The standard InChI is InChI=1S/C34H43F2N5O5.2ClH/c1-4-45-33-27(32(44-3)37-34(38-33)46-23-29(35)36)21-39-19-26-20-40(30(42)15-18-43-2)16-17-41(26)28(22-39)31(24-11-7-5-8-12-24)25-13-9-6-10-14-25;;/h5-14,26,28-29,31H,4,15-23H2,1-3H3;2*1H. The van der Waals surface area contributed by atoms with Gasteiger partial charge in [-0.2, -0.15) is 9.97 Å². The monoisotopic (exact) mass is 711 g/mol. The molecule has 1 aromatic heterocycles. The molecule has 264 valence electrons. The number of amides is 1. The lowest BCUT2D eigenvalue weighted by Gasteiger charge is -2.53. The van der Waals surface area contributed by atoms with Crippen LogP contribution in [0.2, 0.25) is 0 Å². The van der Waals surface area contributed by atoms with Crippen molar-refractivity contribution in [2.24, 2.45) is 0 Å². The summed E-state index contributed by atoms with van der Waals surface area (Å²) in [5.74, 6) is 0.605. The average molecular weight is 713 g/mol. The number of hydrogen-bond acceptors (Lipinski definition) is 9. The summed E-state index contributed by atoms with van der Waals surface area (Å²) in [6.07, 6.45) is -2.32. The molecule has 3 heterocycles. The normalized spacial score (nSPS) is 18.1. The Labute approximate surface area is 293 Å². The maximum absolute atomic E-state index is 13.1. The van der Waals surface area contributed by atoms with E-state index in [2.05, 4.69) is 68.3 Å². The van der Waals surface area contributed by atoms with Gasteiger partial charge in [-0.05, 0) is 18.1 Å². The predicted molar refractivity (Wildman–Crippen MR) is 183 cm³/mol. The Morgan fingerprint density at radius 1 is 0.896 bits per heavy atom. The molecule has 0 bridgehead atoms. The van der Waals surface area contributed by atoms with Gasteiger partial charge >= 0.3 is 6.01 Å². The smallest absolute Gasteiger partial charge is 0.323 e. The van der Waals surface area contributed by atoms with Crippen LogP contribution in [0.15, 0.2) is 60.7 Å². The van der Waals surface area contributed by atoms with Crippen molar-refractivity contribution >= 4 is 30.7 Å². The van der Waals surface area contributed by atoms with E-state index in [0.29, 0.717) is 57.9 Å². The Kier molecular flexibility index (Phi) is 15.5. The largest absolute Gasteiger partial charge is 0.481 e. The van der Waals surface area contributed by atoms with Gasteiger partial charge in [-0.1, -0.05) is 60.7 Å². The van der Waals surface area contributed by atoms with E-state index < -0.39 is 13.0 Å². The zero-order valence-corrected chi connectivity index (χ0v) is 29.1. The van der Waals surface area contributed by atoms with Crippen molar-refractivity contribution in [3.8, 4) is 17.8 Å². The van der Waals surface area contributed by atoms with Crippen molar-refractivity contribution in [3.63, 3.8) is 0 Å². The molecule has 0 saturated carbocycles. The maximum atomic E-state index is 13.1. The summed E-state index contributed by atoms with van der Waals surface area (Å²) in [5.41, 5.74) is 3.05. The first kappa shape index (κ1) is 39.2. The number of benzene rings is 2. The summed E-state index contributed by atoms with van der Waals surface area (Å²) in [5, 5.41) is 0. The van der Waals surface area contributed by atoms with Crippen LogP contribution in [0.1, 0.15) is 36.0 Å². The highest BCUT2D eigenvalue weighted by Crippen LogP contribution is 2.37. The van der Waals surface area contributed by atoms with Gasteiger partial charge in [0, 0.05) is 64.4 Å². The molecule has 0 N–H and O–H groups in total. The van der Waals surface area contributed by atoms with E-state index in [0.717, 1.165) is 6.54 Å². The number of fused-ring (bicyclic) bond motifs is 1. The first-order valence-corrected chi connectivity index (χ1v) is 15.7. The van der Waals surface area contributed by atoms with Crippen LogP contribution in [0.3, 0.4) is 0 Å². The summed E-state index contributed by atoms with van der Waals surface area (Å²) in [7, 11) is 3.08. The molecule has 2 unspecified atom stereocenters. The third-order valence-corrected chi connectivity index (χ3v) is 8.55. The van der Waals surface area contributed by atoms with Gasteiger partial charge in [0.05, 0.1) is 32.3 Å². The zero-order chi connectivity index (χ0) is 32.5. The number of piperazine rings is 2. The lowest BCUT2D eigenvalue weighted by Crippen LogP contribution is -2.67. The van der Waals surface area contributed by atoms with Crippen molar-refractivity contribution in [2.45, 2.75) is 44.3 Å². The first-order valence-electron chi connectivity index (χ1n) is 15.7. The lowest BCUT2D eigenvalue weighted by molar-refractivity contribution is -0.137. The highest BCUT2D eigenvalue weighted by Gasteiger charge is 2.43. The van der Waals surface area contributed by atoms with Crippen LogP contribution >= 0.6 is 24.8 Å². The second kappa shape index (κ2) is 19.0. The zero-order valence-electron chi connectivity index (χ0n) is 27.5.